The molecule has 3 aromatic heterocycles. The number of benzene rings is 4. The van der Waals surface area contributed by atoms with E-state index in [1.54, 1.807) is 18.2 Å². The van der Waals surface area contributed by atoms with Gasteiger partial charge in [-0.3, -0.25) is 19.0 Å². The first-order valence-electron chi connectivity index (χ1n) is 29.5. The van der Waals surface area contributed by atoms with Crippen molar-refractivity contribution < 1.29 is 14.4 Å². The van der Waals surface area contributed by atoms with Gasteiger partial charge in [0, 0.05) is 47.4 Å². The minimum Gasteiger partial charge on any atom is -0.345 e. The van der Waals surface area contributed by atoms with Crippen molar-refractivity contribution in [3.05, 3.63) is 171 Å². The summed E-state index contributed by atoms with van der Waals surface area (Å²) in [5.41, 5.74) is 8.04. The smallest absolute Gasteiger partial charge is 0.276 e. The molecular weight excluding hydrogens is 1040 g/mol. The number of nitrogens with one attached hydrogen (secondary N) is 3. The summed E-state index contributed by atoms with van der Waals surface area (Å²) >= 11 is 12.2. The lowest BCUT2D eigenvalue weighted by Gasteiger charge is -2.56. The van der Waals surface area contributed by atoms with Crippen LogP contribution in [0.15, 0.2) is 109 Å². The molecule has 0 atom stereocenters. The van der Waals surface area contributed by atoms with Crippen molar-refractivity contribution in [2.75, 3.05) is 5.32 Å². The summed E-state index contributed by atoms with van der Waals surface area (Å²) in [5.74, 6) is 7.45. The van der Waals surface area contributed by atoms with Crippen molar-refractivity contribution >= 4 is 46.6 Å². The van der Waals surface area contributed by atoms with Gasteiger partial charge in [-0.15, -0.1) is 0 Å². The first-order valence-corrected chi connectivity index (χ1v) is 30.3. The number of para-hydroxylation sites is 3. The van der Waals surface area contributed by atoms with Crippen molar-refractivity contribution in [3.63, 3.8) is 0 Å². The van der Waals surface area contributed by atoms with Crippen LogP contribution in [0.25, 0.3) is 17.1 Å². The van der Waals surface area contributed by atoms with Gasteiger partial charge in [-0.2, -0.15) is 0 Å². The predicted octanol–water partition coefficient (Wildman–Crippen LogP) is 14.4. The number of nitrogens with zero attached hydrogens (tertiary/aromatic N) is 6. The van der Waals surface area contributed by atoms with E-state index in [2.05, 4.69) is 75.1 Å². The number of carbonyl (C=O) groups is 3. The first-order chi connectivity index (χ1) is 38.7. The summed E-state index contributed by atoms with van der Waals surface area (Å²) in [5, 5.41) is 10.5. The molecule has 80 heavy (non-hydrogen) atoms. The van der Waals surface area contributed by atoms with Gasteiger partial charge in [0.25, 0.3) is 17.7 Å². The number of carbonyl (C=O) groups excluding carboxylic acids is 3. The van der Waals surface area contributed by atoms with Crippen LogP contribution < -0.4 is 16.0 Å². The summed E-state index contributed by atoms with van der Waals surface area (Å²) in [6, 6.07) is 35.5. The second-order valence-electron chi connectivity index (χ2n) is 24.0. The van der Waals surface area contributed by atoms with E-state index in [0.717, 1.165) is 106 Å². The zero-order chi connectivity index (χ0) is 55.9. The molecule has 3 heterocycles. The zero-order valence-corrected chi connectivity index (χ0v) is 48.8. The van der Waals surface area contributed by atoms with E-state index < -0.39 is 0 Å². The van der Waals surface area contributed by atoms with Gasteiger partial charge in [0.15, 0.2) is 0 Å². The van der Waals surface area contributed by atoms with Crippen LogP contribution in [0.5, 0.6) is 0 Å². The molecule has 4 aromatic carbocycles. The Kier molecular flexibility index (Phi) is 16.0. The lowest BCUT2D eigenvalue weighted by Crippen LogP contribution is -2.60. The van der Waals surface area contributed by atoms with E-state index >= 15 is 0 Å². The van der Waals surface area contributed by atoms with Crippen LogP contribution in [-0.4, -0.2) is 57.5 Å². The second kappa shape index (κ2) is 23.2. The standard InChI is InChI=1S/C24H31N3O.C23H29N3O.C19H17Cl2N3O/c1-3-20-22(25-21(4-2)27(20)19-8-6-5-7-9-19)23(28)26-24-13-16-10-17(14-24)12-18(11-16)15-24;1-3-20-24-21(15(2)26(20)19-7-5-4-6-8-19)22(27)25-23-12-16-9-17(13-23)11-18(10-16)14-23;1-3-16-23-18(12(2)24(16)13-8-5-4-6-9-13)19(25)22-15-11-7-10-14(20)17(15)21/h5-9,16-18H,3-4,10-15H2,1-2H3,(H,26,28);4-8,16-18H,3,9-14H2,1-2H3,(H,25,27);4-11H,3H2,1-2H3,(H,22,25). The predicted molar refractivity (Wildman–Crippen MR) is 319 cm³/mol. The fourth-order valence-corrected chi connectivity index (χ4v) is 16.3. The summed E-state index contributed by atoms with van der Waals surface area (Å²) in [6.07, 6.45) is 18.5. The first kappa shape index (κ1) is 55.4. The molecule has 3 amide bonds. The van der Waals surface area contributed by atoms with E-state index in [4.69, 9.17) is 33.2 Å². The fraction of sp³-hybridized carbons (Fsp3) is 0.455. The lowest BCUT2D eigenvalue weighted by molar-refractivity contribution is -0.0172. The number of hydrogen-bond acceptors (Lipinski definition) is 6. The molecule has 8 saturated carbocycles. The molecule has 8 fully saturated rings. The molecule has 0 radical (unpaired) electrons. The molecule has 12 nitrogen and oxygen atoms in total. The molecule has 0 unspecified atom stereocenters. The van der Waals surface area contributed by atoms with Gasteiger partial charge in [-0.1, -0.05) is 112 Å². The van der Waals surface area contributed by atoms with Crippen molar-refractivity contribution in [2.45, 2.75) is 155 Å². The van der Waals surface area contributed by atoms with Gasteiger partial charge < -0.3 is 25.1 Å². The maximum Gasteiger partial charge on any atom is 0.276 e. The summed E-state index contributed by atoms with van der Waals surface area (Å²) < 4.78 is 6.32. The normalized spacial score (nSPS) is 24.6. The average molecular weight is 1120 g/mol. The zero-order valence-electron chi connectivity index (χ0n) is 47.3. The van der Waals surface area contributed by atoms with Crippen LogP contribution in [0.1, 0.15) is 171 Å². The molecule has 0 spiro atoms. The number of halogens is 2. The van der Waals surface area contributed by atoms with Crippen molar-refractivity contribution in [2.24, 2.45) is 35.5 Å². The van der Waals surface area contributed by atoms with E-state index in [0.29, 0.717) is 39.2 Å². The number of anilines is 1. The third kappa shape index (κ3) is 11.0. The number of aromatic nitrogens is 6. The molecule has 8 bridgehead atoms. The molecule has 0 aliphatic heterocycles. The number of imidazole rings is 3. The highest BCUT2D eigenvalue weighted by Gasteiger charge is 2.53. The molecule has 418 valence electrons. The van der Waals surface area contributed by atoms with Gasteiger partial charge in [0.2, 0.25) is 0 Å². The van der Waals surface area contributed by atoms with Crippen molar-refractivity contribution in [1.82, 2.24) is 39.3 Å². The van der Waals surface area contributed by atoms with Gasteiger partial charge in [0.05, 0.1) is 32.8 Å². The largest absolute Gasteiger partial charge is 0.345 e. The van der Waals surface area contributed by atoms with Crippen LogP contribution in [0.3, 0.4) is 0 Å². The van der Waals surface area contributed by atoms with Gasteiger partial charge in [-0.25, -0.2) is 15.0 Å². The molecule has 0 saturated heterocycles. The number of amides is 3. The Morgan fingerprint density at radius 3 is 1.20 bits per heavy atom. The van der Waals surface area contributed by atoms with Crippen LogP contribution in [0, 0.1) is 49.4 Å². The van der Waals surface area contributed by atoms with Crippen molar-refractivity contribution in [1.29, 1.82) is 0 Å². The maximum atomic E-state index is 13.4. The molecule has 7 aromatic rings. The van der Waals surface area contributed by atoms with E-state index in [1.165, 1.54) is 77.0 Å². The van der Waals surface area contributed by atoms with Crippen LogP contribution in [0.2, 0.25) is 10.0 Å². The van der Waals surface area contributed by atoms with Crippen LogP contribution in [0.4, 0.5) is 5.69 Å². The topological polar surface area (TPSA) is 141 Å². The SMILES string of the molecule is CCc1nc(C(=O)NC23CC4CC(CC(C4)C2)C3)c(C)n1-c1ccccc1.CCc1nc(C(=O)NC23CC4CC(CC(C4)C2)C3)c(CC)n1-c1ccccc1.CCc1nc(C(=O)Nc2cccc(Cl)c2Cl)c(C)n1-c1ccccc1. The molecule has 8 aliphatic carbocycles. The molecule has 15 rings (SSSR count). The van der Waals surface area contributed by atoms with Crippen LogP contribution in [-0.2, 0) is 25.7 Å². The minimum atomic E-state index is -0.314. The average Bonchev–Trinajstić information content (AvgIpc) is 4.17. The molecule has 3 N–H and O–H groups in total. The number of hydrogen-bond donors (Lipinski definition) is 3. The fourth-order valence-electron chi connectivity index (χ4n) is 15.9. The quantitative estimate of drug-likeness (QED) is 0.105. The van der Waals surface area contributed by atoms with Gasteiger partial charge >= 0.3 is 0 Å². The van der Waals surface area contributed by atoms with Crippen molar-refractivity contribution in [3.8, 4) is 17.1 Å². The molecule has 14 heteroatoms. The number of aryl methyl sites for hydroxylation is 3. The Hall–Kier alpha value is -6.50. The van der Waals surface area contributed by atoms with E-state index in [-0.39, 0.29) is 28.8 Å². The van der Waals surface area contributed by atoms with E-state index in [1.807, 2.05) is 92.1 Å². The minimum absolute atomic E-state index is 0.0267. The second-order valence-corrected chi connectivity index (χ2v) is 24.8. The lowest BCUT2D eigenvalue weighted by atomic mass is 9.53. The van der Waals surface area contributed by atoms with Gasteiger partial charge in [0.1, 0.15) is 34.6 Å². The summed E-state index contributed by atoms with van der Waals surface area (Å²) in [6.45, 7) is 12.2. The maximum absolute atomic E-state index is 13.4. The molecular formula is C66H77Cl2N9O3. The Morgan fingerprint density at radius 2 is 0.812 bits per heavy atom. The summed E-state index contributed by atoms with van der Waals surface area (Å²) in [4.78, 5) is 53.5. The summed E-state index contributed by atoms with van der Waals surface area (Å²) in [7, 11) is 0. The highest BCUT2D eigenvalue weighted by atomic mass is 35.5. The Bertz CT molecular complexity index is 3310. The number of rotatable bonds is 13. The third-order valence-electron chi connectivity index (χ3n) is 18.4. The highest BCUT2D eigenvalue weighted by Crippen LogP contribution is 2.57. The highest BCUT2D eigenvalue weighted by molar-refractivity contribution is 6.44. The molecule has 8 aliphatic rings. The third-order valence-corrected chi connectivity index (χ3v) is 19.2. The van der Waals surface area contributed by atoms with Gasteiger partial charge in [-0.05, 0) is 181 Å². The van der Waals surface area contributed by atoms with Crippen LogP contribution >= 0.6 is 23.2 Å². The Balaban J connectivity index is 0.000000127. The Morgan fingerprint density at radius 1 is 0.463 bits per heavy atom. The monoisotopic (exact) mass is 1110 g/mol. The Labute approximate surface area is 481 Å². The van der Waals surface area contributed by atoms with E-state index in [9.17, 15) is 14.4 Å².